The first-order valence-corrected chi connectivity index (χ1v) is 16.1. The highest BCUT2D eigenvalue weighted by Crippen LogP contribution is 2.38. The number of hydrogen-bond donors (Lipinski definition) is 0. The third kappa shape index (κ3) is 4.83. The van der Waals surface area contributed by atoms with Gasteiger partial charge in [0, 0.05) is 41.6 Å². The molecule has 0 aliphatic heterocycles. The highest BCUT2D eigenvalue weighted by atomic mass is 16.3. The topological polar surface area (TPSA) is 78.7 Å². The molecule has 7 nitrogen and oxygen atoms in total. The predicted molar refractivity (Wildman–Crippen MR) is 196 cm³/mol. The molecule has 0 saturated carbocycles. The van der Waals surface area contributed by atoms with E-state index in [0.29, 0.717) is 17.5 Å². The first-order chi connectivity index (χ1) is 24.0. The van der Waals surface area contributed by atoms with Crippen LogP contribution in [-0.2, 0) is 14.1 Å². The van der Waals surface area contributed by atoms with Gasteiger partial charge in [-0.3, -0.25) is 9.13 Å². The van der Waals surface area contributed by atoms with Gasteiger partial charge in [-0.25, -0.2) is 19.7 Å². The van der Waals surface area contributed by atoms with Crippen LogP contribution in [0.3, 0.4) is 0 Å². The lowest BCUT2D eigenvalue weighted by atomic mass is 9.98. The molecule has 3 heterocycles. The summed E-state index contributed by atoms with van der Waals surface area (Å²) in [5, 5.41) is 2.17. The molecule has 0 N–H and O–H groups in total. The summed E-state index contributed by atoms with van der Waals surface area (Å²) in [7, 11) is 3.60. The number of aryl methyl sites for hydroxylation is 2. The number of para-hydroxylation sites is 1. The molecule has 0 radical (unpaired) electrons. The zero-order valence-electron chi connectivity index (χ0n) is 26.8. The van der Waals surface area contributed by atoms with Crippen LogP contribution in [0.1, 0.15) is 0 Å². The van der Waals surface area contributed by atoms with Crippen molar-refractivity contribution in [3.63, 3.8) is 0 Å². The molecule has 9 rings (SSSR count). The van der Waals surface area contributed by atoms with Crippen LogP contribution < -0.4 is 5.69 Å². The van der Waals surface area contributed by atoms with E-state index in [0.717, 1.165) is 71.9 Å². The molecule has 0 saturated heterocycles. The second-order valence-electron chi connectivity index (χ2n) is 12.2. The van der Waals surface area contributed by atoms with Gasteiger partial charge in [0.1, 0.15) is 11.2 Å². The van der Waals surface area contributed by atoms with E-state index in [1.54, 1.807) is 23.2 Å². The summed E-state index contributed by atoms with van der Waals surface area (Å²) in [5.74, 6) is 1.78. The lowest BCUT2D eigenvalue weighted by molar-refractivity contribution is 0.669. The first-order valence-electron chi connectivity index (χ1n) is 16.1. The van der Waals surface area contributed by atoms with Gasteiger partial charge in [-0.15, -0.1) is 0 Å². The zero-order valence-corrected chi connectivity index (χ0v) is 26.8. The number of hydrogen-bond acceptors (Lipinski definition) is 5. The Hall–Kier alpha value is -6.60. The number of nitrogens with zero attached hydrogens (tertiary/aromatic N) is 5. The summed E-state index contributed by atoms with van der Waals surface area (Å²) in [6, 6.07) is 47.0. The third-order valence-electron chi connectivity index (χ3n) is 9.25. The second kappa shape index (κ2) is 11.3. The van der Waals surface area contributed by atoms with Crippen LogP contribution >= 0.6 is 0 Å². The molecule has 6 aromatic carbocycles. The molecule has 0 amide bonds. The maximum atomic E-state index is 12.5. The molecule has 0 aliphatic carbocycles. The highest BCUT2D eigenvalue weighted by Gasteiger charge is 2.16. The summed E-state index contributed by atoms with van der Waals surface area (Å²) in [6.07, 6.45) is 0. The SMILES string of the molecule is Cn1c(=O)n(C)c2cc(-c3ccc(-c4nc(-c5ccccc5)nc(-c5cccc(-c6cccc7oc8ccccc8c67)c5)n4)cc3)ccc21. The van der Waals surface area contributed by atoms with Crippen molar-refractivity contribution < 1.29 is 4.42 Å². The normalized spacial score (nSPS) is 11.6. The first kappa shape index (κ1) is 28.6. The number of imidazole rings is 1. The third-order valence-corrected chi connectivity index (χ3v) is 9.25. The van der Waals surface area contributed by atoms with Gasteiger partial charge in [-0.1, -0.05) is 109 Å². The van der Waals surface area contributed by atoms with Crippen molar-refractivity contribution in [2.75, 3.05) is 0 Å². The molecular weight excluding hydrogens is 606 g/mol. The van der Waals surface area contributed by atoms with E-state index >= 15 is 0 Å². The van der Waals surface area contributed by atoms with E-state index < -0.39 is 0 Å². The van der Waals surface area contributed by atoms with Crippen LogP contribution in [0.2, 0.25) is 0 Å². The number of rotatable bonds is 5. The molecule has 0 spiro atoms. The largest absolute Gasteiger partial charge is 0.456 e. The number of fused-ring (bicyclic) bond motifs is 4. The van der Waals surface area contributed by atoms with E-state index in [1.165, 1.54) is 0 Å². The standard InChI is InChI=1S/C42H29N5O2/c1-46-34-23-22-29(25-35(34)47(2)42(46)48)26-18-20-28(21-19-26)40-43-39(27-10-4-3-5-11-27)44-41(45-40)31-13-8-12-30(24-31)32-15-9-17-37-38(32)33-14-6-7-16-36(33)49-37/h3-25H,1-2H3. The van der Waals surface area contributed by atoms with Crippen LogP contribution in [0.15, 0.2) is 149 Å². The van der Waals surface area contributed by atoms with Crippen LogP contribution in [0.25, 0.3) is 89.4 Å². The van der Waals surface area contributed by atoms with Crippen molar-refractivity contribution in [1.82, 2.24) is 24.1 Å². The summed E-state index contributed by atoms with van der Waals surface area (Å²) in [6.45, 7) is 0. The Labute approximate surface area is 281 Å². The Morgan fingerprint density at radius 1 is 0.469 bits per heavy atom. The summed E-state index contributed by atoms with van der Waals surface area (Å²) >= 11 is 0. The quantitative estimate of drug-likeness (QED) is 0.188. The maximum Gasteiger partial charge on any atom is 0.328 e. The van der Waals surface area contributed by atoms with E-state index in [-0.39, 0.29) is 5.69 Å². The van der Waals surface area contributed by atoms with Crippen LogP contribution in [0.4, 0.5) is 0 Å². The molecule has 0 atom stereocenters. The van der Waals surface area contributed by atoms with Crippen LogP contribution in [0.5, 0.6) is 0 Å². The van der Waals surface area contributed by atoms with Gasteiger partial charge < -0.3 is 4.42 Å². The smallest absolute Gasteiger partial charge is 0.328 e. The molecule has 0 bridgehead atoms. The number of furan rings is 1. The summed E-state index contributed by atoms with van der Waals surface area (Å²) < 4.78 is 9.52. The maximum absolute atomic E-state index is 12.5. The van der Waals surface area contributed by atoms with Gasteiger partial charge in [0.25, 0.3) is 0 Å². The molecule has 49 heavy (non-hydrogen) atoms. The monoisotopic (exact) mass is 635 g/mol. The average Bonchev–Trinajstić information content (AvgIpc) is 3.65. The van der Waals surface area contributed by atoms with E-state index in [2.05, 4.69) is 42.5 Å². The molecule has 0 aliphatic rings. The highest BCUT2D eigenvalue weighted by molar-refractivity contribution is 6.12. The number of benzene rings is 6. The fourth-order valence-corrected chi connectivity index (χ4v) is 6.69. The van der Waals surface area contributed by atoms with E-state index in [1.807, 2.05) is 97.1 Å². The minimum Gasteiger partial charge on any atom is -0.456 e. The Balaban J connectivity index is 1.14. The van der Waals surface area contributed by atoms with Gasteiger partial charge in [0.2, 0.25) is 0 Å². The Morgan fingerprint density at radius 3 is 1.84 bits per heavy atom. The number of aromatic nitrogens is 5. The molecular formula is C42H29N5O2. The second-order valence-corrected chi connectivity index (χ2v) is 12.2. The van der Waals surface area contributed by atoms with Crippen molar-refractivity contribution in [1.29, 1.82) is 0 Å². The average molecular weight is 636 g/mol. The molecule has 9 aromatic rings. The minimum absolute atomic E-state index is 0.0417. The van der Waals surface area contributed by atoms with Crippen molar-refractivity contribution >= 4 is 33.0 Å². The fraction of sp³-hybridized carbons (Fsp3) is 0.0476. The van der Waals surface area contributed by atoms with Crippen molar-refractivity contribution in [2.45, 2.75) is 0 Å². The fourth-order valence-electron chi connectivity index (χ4n) is 6.69. The molecule has 0 unspecified atom stereocenters. The summed E-state index contributed by atoms with van der Waals surface area (Å²) in [4.78, 5) is 27.4. The Bertz CT molecular complexity index is 2760. The molecule has 0 fully saturated rings. The lowest BCUT2D eigenvalue weighted by Gasteiger charge is -2.11. The van der Waals surface area contributed by atoms with Crippen molar-refractivity contribution in [2.24, 2.45) is 14.1 Å². The van der Waals surface area contributed by atoms with Gasteiger partial charge >= 0.3 is 5.69 Å². The van der Waals surface area contributed by atoms with Gasteiger partial charge in [-0.2, -0.15) is 0 Å². The van der Waals surface area contributed by atoms with E-state index in [4.69, 9.17) is 19.4 Å². The zero-order chi connectivity index (χ0) is 33.1. The van der Waals surface area contributed by atoms with Gasteiger partial charge in [0.15, 0.2) is 17.5 Å². The van der Waals surface area contributed by atoms with Crippen LogP contribution in [0, 0.1) is 0 Å². The van der Waals surface area contributed by atoms with E-state index in [9.17, 15) is 4.79 Å². The van der Waals surface area contributed by atoms with Crippen molar-refractivity contribution in [3.8, 4) is 56.4 Å². The lowest BCUT2D eigenvalue weighted by Crippen LogP contribution is -2.19. The minimum atomic E-state index is -0.0417. The van der Waals surface area contributed by atoms with Gasteiger partial charge in [-0.05, 0) is 52.6 Å². The molecule has 234 valence electrons. The Kier molecular flexibility index (Phi) is 6.59. The van der Waals surface area contributed by atoms with Crippen LogP contribution in [-0.4, -0.2) is 24.1 Å². The molecule has 3 aromatic heterocycles. The summed E-state index contributed by atoms with van der Waals surface area (Å²) in [5.41, 5.74) is 10.4. The van der Waals surface area contributed by atoms with Crippen molar-refractivity contribution in [3.05, 3.63) is 150 Å². The molecule has 7 heteroatoms. The Morgan fingerprint density at radius 2 is 1.04 bits per heavy atom. The van der Waals surface area contributed by atoms with Gasteiger partial charge in [0.05, 0.1) is 11.0 Å². The predicted octanol–water partition coefficient (Wildman–Crippen LogP) is 9.30.